The largest absolute Gasteiger partial charge is 0.339 e. The average molecular weight is 267 g/mol. The van der Waals surface area contributed by atoms with Gasteiger partial charge in [0.2, 0.25) is 5.91 Å². The first-order valence-corrected chi connectivity index (χ1v) is 7.99. The molecule has 2 atom stereocenters. The van der Waals surface area contributed by atoms with Gasteiger partial charge < -0.3 is 10.2 Å². The van der Waals surface area contributed by atoms with Gasteiger partial charge in [0.25, 0.3) is 0 Å². The quantitative estimate of drug-likeness (QED) is 0.834. The lowest BCUT2D eigenvalue weighted by molar-refractivity contribution is -0.136. The van der Waals surface area contributed by atoms with Crippen LogP contribution in [-0.4, -0.2) is 61.0 Å². The summed E-state index contributed by atoms with van der Waals surface area (Å²) in [5.74, 6) is 1.07. The highest BCUT2D eigenvalue weighted by molar-refractivity contribution is 5.82. The maximum Gasteiger partial charge on any atom is 0.239 e. The van der Waals surface area contributed by atoms with Crippen LogP contribution in [0.5, 0.6) is 0 Å². The van der Waals surface area contributed by atoms with Gasteiger partial charge in [0.05, 0.1) is 6.04 Å². The van der Waals surface area contributed by atoms with Gasteiger partial charge in [0.1, 0.15) is 0 Å². The van der Waals surface area contributed by atoms with E-state index in [2.05, 4.69) is 29.0 Å². The molecule has 4 heteroatoms. The summed E-state index contributed by atoms with van der Waals surface area (Å²) in [4.78, 5) is 17.1. The molecule has 0 spiro atoms. The zero-order chi connectivity index (χ0) is 13.7. The van der Waals surface area contributed by atoms with Crippen LogP contribution in [0.15, 0.2) is 0 Å². The maximum atomic E-state index is 12.5. The Morgan fingerprint density at radius 3 is 2.58 bits per heavy atom. The normalized spacial score (nSPS) is 29.5. The summed E-state index contributed by atoms with van der Waals surface area (Å²) in [6.07, 6.45) is 4.67. The Kier molecular flexibility index (Phi) is 5.64. The minimum absolute atomic E-state index is 0.0800. The molecule has 1 N–H and O–H groups in total. The molecule has 0 aromatic carbocycles. The smallest absolute Gasteiger partial charge is 0.239 e. The fourth-order valence-electron chi connectivity index (χ4n) is 3.28. The van der Waals surface area contributed by atoms with Crippen LogP contribution < -0.4 is 5.32 Å². The maximum absolute atomic E-state index is 12.5. The highest BCUT2D eigenvalue weighted by atomic mass is 16.2. The molecular formula is C15H29N3O. The van der Waals surface area contributed by atoms with Crippen LogP contribution in [0.2, 0.25) is 0 Å². The molecule has 2 saturated heterocycles. The van der Waals surface area contributed by atoms with Crippen molar-refractivity contribution in [3.8, 4) is 0 Å². The van der Waals surface area contributed by atoms with E-state index in [0.717, 1.165) is 45.1 Å². The third-order valence-corrected chi connectivity index (χ3v) is 4.61. The minimum Gasteiger partial charge on any atom is -0.339 e. The molecular weight excluding hydrogens is 238 g/mol. The number of hydrogen-bond donors (Lipinski definition) is 1. The van der Waals surface area contributed by atoms with Crippen molar-refractivity contribution in [3.05, 3.63) is 0 Å². The minimum atomic E-state index is 0.0800. The molecule has 0 saturated carbocycles. The summed E-state index contributed by atoms with van der Waals surface area (Å²) < 4.78 is 0. The van der Waals surface area contributed by atoms with Gasteiger partial charge in [0.15, 0.2) is 0 Å². The number of piperazine rings is 1. The lowest BCUT2D eigenvalue weighted by atomic mass is 9.90. The van der Waals surface area contributed by atoms with E-state index in [1.54, 1.807) is 0 Å². The van der Waals surface area contributed by atoms with E-state index in [-0.39, 0.29) is 6.04 Å². The molecule has 19 heavy (non-hydrogen) atoms. The molecule has 0 bridgehead atoms. The second-order valence-electron chi connectivity index (χ2n) is 5.97. The van der Waals surface area contributed by atoms with Crippen molar-refractivity contribution in [2.75, 3.05) is 39.3 Å². The summed E-state index contributed by atoms with van der Waals surface area (Å²) in [6, 6.07) is 0.0800. The predicted molar refractivity (Wildman–Crippen MR) is 78.1 cm³/mol. The molecule has 0 aromatic rings. The fraction of sp³-hybridized carbons (Fsp3) is 0.933. The molecule has 2 rings (SSSR count). The van der Waals surface area contributed by atoms with Crippen molar-refractivity contribution < 1.29 is 4.79 Å². The molecule has 2 aliphatic heterocycles. The number of carbonyl (C=O) groups excluding carboxylic acids is 1. The van der Waals surface area contributed by atoms with Gasteiger partial charge in [-0.05, 0) is 38.3 Å². The average Bonchev–Trinajstić information content (AvgIpc) is 2.48. The highest BCUT2D eigenvalue weighted by Gasteiger charge is 2.30. The van der Waals surface area contributed by atoms with E-state index in [4.69, 9.17) is 0 Å². The van der Waals surface area contributed by atoms with Crippen LogP contribution in [0.4, 0.5) is 0 Å². The molecule has 0 aromatic heterocycles. The van der Waals surface area contributed by atoms with Crippen LogP contribution in [0.1, 0.15) is 39.5 Å². The van der Waals surface area contributed by atoms with E-state index in [1.165, 1.54) is 25.8 Å². The van der Waals surface area contributed by atoms with Crippen molar-refractivity contribution in [1.29, 1.82) is 0 Å². The topological polar surface area (TPSA) is 35.6 Å². The molecule has 2 unspecified atom stereocenters. The first kappa shape index (κ1) is 14.8. The number of amides is 1. The molecule has 2 fully saturated rings. The monoisotopic (exact) mass is 267 g/mol. The zero-order valence-electron chi connectivity index (χ0n) is 12.5. The Morgan fingerprint density at radius 2 is 1.95 bits per heavy atom. The van der Waals surface area contributed by atoms with Crippen LogP contribution in [0, 0.1) is 5.92 Å². The van der Waals surface area contributed by atoms with Gasteiger partial charge in [0, 0.05) is 26.2 Å². The van der Waals surface area contributed by atoms with Gasteiger partial charge in [-0.1, -0.05) is 20.3 Å². The Morgan fingerprint density at radius 1 is 1.21 bits per heavy atom. The Bertz CT molecular complexity index is 287. The van der Waals surface area contributed by atoms with E-state index in [9.17, 15) is 4.79 Å². The van der Waals surface area contributed by atoms with Crippen LogP contribution in [-0.2, 0) is 4.79 Å². The number of nitrogens with zero attached hydrogens (tertiary/aromatic N) is 2. The summed E-state index contributed by atoms with van der Waals surface area (Å²) in [5.41, 5.74) is 0. The van der Waals surface area contributed by atoms with Gasteiger partial charge >= 0.3 is 0 Å². The Hall–Kier alpha value is -0.610. The highest BCUT2D eigenvalue weighted by Crippen LogP contribution is 2.20. The lowest BCUT2D eigenvalue weighted by Gasteiger charge is -2.38. The molecule has 4 nitrogen and oxygen atoms in total. The standard InChI is InChI=1S/C15H29N3O/c1-3-7-17-8-10-18(11-9-17)15(19)14-12-13(4-2)5-6-16-14/h13-14,16H,3-12H2,1-2H3. The summed E-state index contributed by atoms with van der Waals surface area (Å²) in [7, 11) is 0. The van der Waals surface area contributed by atoms with Gasteiger partial charge in [-0.25, -0.2) is 0 Å². The van der Waals surface area contributed by atoms with Crippen molar-refractivity contribution in [1.82, 2.24) is 15.1 Å². The number of piperidine rings is 1. The number of nitrogens with one attached hydrogen (secondary N) is 1. The summed E-state index contributed by atoms with van der Waals surface area (Å²) in [5, 5.41) is 3.41. The molecule has 0 aliphatic carbocycles. The molecule has 2 aliphatic rings. The summed E-state index contributed by atoms with van der Waals surface area (Å²) >= 11 is 0. The van der Waals surface area contributed by atoms with E-state index in [0.29, 0.717) is 5.91 Å². The van der Waals surface area contributed by atoms with Gasteiger partial charge in [-0.3, -0.25) is 9.69 Å². The fourth-order valence-corrected chi connectivity index (χ4v) is 3.28. The van der Waals surface area contributed by atoms with E-state index < -0.39 is 0 Å². The SMILES string of the molecule is CCCN1CCN(C(=O)C2CC(CC)CCN2)CC1. The summed E-state index contributed by atoms with van der Waals surface area (Å²) in [6.45, 7) is 10.5. The van der Waals surface area contributed by atoms with Crippen molar-refractivity contribution in [3.63, 3.8) is 0 Å². The van der Waals surface area contributed by atoms with Crippen molar-refractivity contribution >= 4 is 5.91 Å². The van der Waals surface area contributed by atoms with E-state index in [1.807, 2.05) is 0 Å². The predicted octanol–water partition coefficient (Wildman–Crippen LogP) is 1.32. The second kappa shape index (κ2) is 7.25. The third-order valence-electron chi connectivity index (χ3n) is 4.61. The second-order valence-corrected chi connectivity index (χ2v) is 5.97. The first-order chi connectivity index (χ1) is 9.24. The van der Waals surface area contributed by atoms with Gasteiger partial charge in [-0.15, -0.1) is 0 Å². The molecule has 110 valence electrons. The third kappa shape index (κ3) is 3.93. The number of carbonyl (C=O) groups is 1. The van der Waals surface area contributed by atoms with Crippen LogP contribution >= 0.6 is 0 Å². The molecule has 0 radical (unpaired) electrons. The zero-order valence-corrected chi connectivity index (χ0v) is 12.5. The van der Waals surface area contributed by atoms with Gasteiger partial charge in [-0.2, -0.15) is 0 Å². The first-order valence-electron chi connectivity index (χ1n) is 7.99. The molecule has 2 heterocycles. The van der Waals surface area contributed by atoms with Crippen LogP contribution in [0.3, 0.4) is 0 Å². The lowest BCUT2D eigenvalue weighted by Crippen LogP contribution is -2.55. The Labute approximate surface area is 117 Å². The molecule has 1 amide bonds. The number of rotatable bonds is 4. The van der Waals surface area contributed by atoms with Crippen molar-refractivity contribution in [2.45, 2.75) is 45.6 Å². The van der Waals surface area contributed by atoms with Crippen LogP contribution in [0.25, 0.3) is 0 Å². The Balaban J connectivity index is 1.80. The number of hydrogen-bond acceptors (Lipinski definition) is 3. The van der Waals surface area contributed by atoms with Crippen molar-refractivity contribution in [2.24, 2.45) is 5.92 Å². The van der Waals surface area contributed by atoms with E-state index >= 15 is 0 Å².